The van der Waals surface area contributed by atoms with E-state index >= 15 is 0 Å². The van der Waals surface area contributed by atoms with Gasteiger partial charge in [0.25, 0.3) is 10.0 Å². The Kier molecular flexibility index (Phi) is 5.69. The highest BCUT2D eigenvalue weighted by Crippen LogP contribution is 2.25. The fourth-order valence-electron chi connectivity index (χ4n) is 3.04. The number of imidazole rings is 1. The summed E-state index contributed by atoms with van der Waals surface area (Å²) in [6, 6.07) is 15.1. The van der Waals surface area contributed by atoms with Gasteiger partial charge in [0.1, 0.15) is 15.6 Å². The summed E-state index contributed by atoms with van der Waals surface area (Å²) in [5.74, 6) is 0.601. The molecular weight excluding hydrogens is 428 g/mol. The van der Waals surface area contributed by atoms with Crippen LogP contribution in [0.2, 0.25) is 4.34 Å². The number of hydrogen-bond acceptors (Lipinski definition) is 5. The lowest BCUT2D eigenvalue weighted by Crippen LogP contribution is -2.24. The lowest BCUT2D eigenvalue weighted by Gasteiger charge is -2.10. The molecule has 6 nitrogen and oxygen atoms in total. The maximum absolute atomic E-state index is 12.6. The van der Waals surface area contributed by atoms with E-state index in [1.54, 1.807) is 12.3 Å². The van der Waals surface area contributed by atoms with E-state index in [-0.39, 0.29) is 10.8 Å². The number of thiophene rings is 1. The molecule has 0 spiro atoms. The number of fused-ring (bicyclic) bond motifs is 1. The van der Waals surface area contributed by atoms with Crippen LogP contribution in [0.4, 0.5) is 0 Å². The van der Waals surface area contributed by atoms with E-state index < -0.39 is 10.0 Å². The maximum atomic E-state index is 12.6. The van der Waals surface area contributed by atoms with Gasteiger partial charge in [-0.25, -0.2) is 23.1 Å². The maximum Gasteiger partial charge on any atom is 0.250 e. The zero-order valence-electron chi connectivity index (χ0n) is 15.7. The Morgan fingerprint density at radius 3 is 2.55 bits per heavy atom. The SMILES string of the molecule is CCc1ccc(Cn2c(CNS(=O)(=O)c3ccc(Cl)s3)nc3cccnc32)cc1. The van der Waals surface area contributed by atoms with Gasteiger partial charge in [-0.3, -0.25) is 0 Å². The Bertz CT molecular complexity index is 1250. The summed E-state index contributed by atoms with van der Waals surface area (Å²) in [5, 5.41) is 0. The number of sulfonamides is 1. The Labute approximate surface area is 178 Å². The number of pyridine rings is 1. The van der Waals surface area contributed by atoms with E-state index in [9.17, 15) is 8.42 Å². The molecule has 0 saturated carbocycles. The highest BCUT2D eigenvalue weighted by Gasteiger charge is 2.19. The van der Waals surface area contributed by atoms with Gasteiger partial charge in [-0.1, -0.05) is 42.8 Å². The number of benzene rings is 1. The van der Waals surface area contributed by atoms with Crippen LogP contribution >= 0.6 is 22.9 Å². The first-order valence-electron chi connectivity index (χ1n) is 9.09. The molecule has 29 heavy (non-hydrogen) atoms. The zero-order valence-corrected chi connectivity index (χ0v) is 18.1. The van der Waals surface area contributed by atoms with Gasteiger partial charge in [0.2, 0.25) is 0 Å². The minimum absolute atomic E-state index is 0.0568. The van der Waals surface area contributed by atoms with Crippen LogP contribution in [0.15, 0.2) is 58.9 Å². The number of aryl methyl sites for hydroxylation is 1. The molecule has 1 aromatic carbocycles. The quantitative estimate of drug-likeness (QED) is 0.460. The van der Waals surface area contributed by atoms with Gasteiger partial charge in [0.05, 0.1) is 17.4 Å². The molecular formula is C20H19ClN4O2S2. The summed E-state index contributed by atoms with van der Waals surface area (Å²) in [6.45, 7) is 2.73. The third kappa shape index (κ3) is 4.35. The van der Waals surface area contributed by atoms with Crippen LogP contribution in [0.25, 0.3) is 11.2 Å². The van der Waals surface area contributed by atoms with Gasteiger partial charge in [0, 0.05) is 6.20 Å². The van der Waals surface area contributed by atoms with Crippen molar-refractivity contribution in [2.24, 2.45) is 0 Å². The van der Waals surface area contributed by atoms with Crippen LogP contribution < -0.4 is 4.72 Å². The van der Waals surface area contributed by atoms with Crippen LogP contribution in [0.1, 0.15) is 23.9 Å². The largest absolute Gasteiger partial charge is 0.307 e. The predicted octanol–water partition coefficient (Wildman–Crippen LogP) is 4.24. The van der Waals surface area contributed by atoms with Crippen molar-refractivity contribution in [3.8, 4) is 0 Å². The van der Waals surface area contributed by atoms with Crippen molar-refractivity contribution >= 4 is 44.1 Å². The Morgan fingerprint density at radius 1 is 1.10 bits per heavy atom. The molecule has 4 rings (SSSR count). The number of rotatable bonds is 7. The second-order valence-corrected chi connectivity index (χ2v) is 10.2. The summed E-state index contributed by atoms with van der Waals surface area (Å²) in [4.78, 5) is 9.04. The fourth-order valence-corrected chi connectivity index (χ4v) is 5.55. The minimum Gasteiger partial charge on any atom is -0.307 e. The molecule has 0 unspecified atom stereocenters. The molecule has 0 atom stereocenters. The van der Waals surface area contributed by atoms with E-state index in [0.29, 0.717) is 16.7 Å². The molecule has 3 heterocycles. The molecule has 0 bridgehead atoms. The van der Waals surface area contributed by atoms with Crippen molar-refractivity contribution in [2.75, 3.05) is 0 Å². The van der Waals surface area contributed by atoms with Crippen LogP contribution in [0.3, 0.4) is 0 Å². The van der Waals surface area contributed by atoms with E-state index in [2.05, 4.69) is 45.9 Å². The Balaban J connectivity index is 1.64. The van der Waals surface area contributed by atoms with Gasteiger partial charge in [-0.15, -0.1) is 11.3 Å². The summed E-state index contributed by atoms with van der Waals surface area (Å²) in [6.07, 6.45) is 2.69. The average Bonchev–Trinajstić information content (AvgIpc) is 3.32. The zero-order chi connectivity index (χ0) is 20.4. The smallest absolute Gasteiger partial charge is 0.250 e. The third-order valence-electron chi connectivity index (χ3n) is 4.59. The first-order chi connectivity index (χ1) is 14.0. The number of halogens is 1. The Hall–Kier alpha value is -2.26. The molecule has 4 aromatic rings. The second kappa shape index (κ2) is 8.23. The topological polar surface area (TPSA) is 76.9 Å². The number of nitrogens with zero attached hydrogens (tertiary/aromatic N) is 3. The molecule has 150 valence electrons. The van der Waals surface area contributed by atoms with Crippen molar-refractivity contribution in [2.45, 2.75) is 30.6 Å². The normalized spacial score (nSPS) is 11.9. The summed E-state index contributed by atoms with van der Waals surface area (Å²) < 4.78 is 30.3. The number of hydrogen-bond donors (Lipinski definition) is 1. The van der Waals surface area contributed by atoms with Crippen molar-refractivity contribution in [3.63, 3.8) is 0 Å². The average molecular weight is 447 g/mol. The van der Waals surface area contributed by atoms with Crippen molar-refractivity contribution in [3.05, 3.63) is 76.0 Å². The molecule has 0 saturated heterocycles. The molecule has 0 fully saturated rings. The van der Waals surface area contributed by atoms with Crippen LogP contribution in [-0.4, -0.2) is 23.0 Å². The summed E-state index contributed by atoms with van der Waals surface area (Å²) >= 11 is 6.90. The first kappa shape index (κ1) is 20.0. The third-order valence-corrected chi connectivity index (χ3v) is 7.71. The molecule has 9 heteroatoms. The lowest BCUT2D eigenvalue weighted by molar-refractivity contribution is 0.578. The van der Waals surface area contributed by atoms with Crippen LogP contribution in [-0.2, 0) is 29.5 Å². The predicted molar refractivity (Wildman–Crippen MR) is 116 cm³/mol. The molecule has 0 aliphatic carbocycles. The van der Waals surface area contributed by atoms with Gasteiger partial charge in [-0.2, -0.15) is 0 Å². The standard InChI is InChI=1S/C20H19ClN4O2S2/c1-2-14-5-7-15(8-6-14)13-25-18(24-16-4-3-11-22-20(16)25)12-23-29(26,27)19-10-9-17(21)28-19/h3-11,23H,2,12-13H2,1H3. The Morgan fingerprint density at radius 2 is 1.86 bits per heavy atom. The van der Waals surface area contributed by atoms with Crippen LogP contribution in [0, 0.1) is 0 Å². The van der Waals surface area contributed by atoms with Gasteiger partial charge in [0.15, 0.2) is 5.65 Å². The van der Waals surface area contributed by atoms with Crippen molar-refractivity contribution in [1.82, 2.24) is 19.3 Å². The summed E-state index contributed by atoms with van der Waals surface area (Å²) in [7, 11) is -3.66. The monoisotopic (exact) mass is 446 g/mol. The molecule has 0 aliphatic heterocycles. The second-order valence-electron chi connectivity index (χ2n) is 6.51. The molecule has 0 aliphatic rings. The van der Waals surface area contributed by atoms with E-state index in [1.165, 1.54) is 11.6 Å². The molecule has 1 N–H and O–H groups in total. The van der Waals surface area contributed by atoms with Crippen molar-refractivity contribution < 1.29 is 8.42 Å². The first-order valence-corrected chi connectivity index (χ1v) is 11.8. The van der Waals surface area contributed by atoms with E-state index in [0.717, 1.165) is 34.5 Å². The van der Waals surface area contributed by atoms with E-state index in [1.807, 2.05) is 16.7 Å². The van der Waals surface area contributed by atoms with Crippen molar-refractivity contribution in [1.29, 1.82) is 0 Å². The molecule has 3 aromatic heterocycles. The fraction of sp³-hybridized carbons (Fsp3) is 0.200. The number of nitrogens with one attached hydrogen (secondary N) is 1. The summed E-state index contributed by atoms with van der Waals surface area (Å²) in [5.41, 5.74) is 3.82. The van der Waals surface area contributed by atoms with Crippen LogP contribution in [0.5, 0.6) is 0 Å². The minimum atomic E-state index is -3.66. The highest BCUT2D eigenvalue weighted by molar-refractivity contribution is 7.91. The molecule has 0 radical (unpaired) electrons. The molecule has 0 amide bonds. The van der Waals surface area contributed by atoms with Gasteiger partial charge in [-0.05, 0) is 41.8 Å². The lowest BCUT2D eigenvalue weighted by atomic mass is 10.1. The van der Waals surface area contributed by atoms with E-state index in [4.69, 9.17) is 11.6 Å². The highest BCUT2D eigenvalue weighted by atomic mass is 35.5. The van der Waals surface area contributed by atoms with Gasteiger partial charge < -0.3 is 4.57 Å². The number of aromatic nitrogens is 3. The van der Waals surface area contributed by atoms with Gasteiger partial charge >= 0.3 is 0 Å².